The molecule has 38 heavy (non-hydrogen) atoms. The van der Waals surface area contributed by atoms with Crippen molar-refractivity contribution < 1.29 is 19.2 Å². The van der Waals surface area contributed by atoms with E-state index in [2.05, 4.69) is 16.0 Å². The second-order valence-electron chi connectivity index (χ2n) is 10.1. The topological polar surface area (TPSA) is 108 Å². The van der Waals surface area contributed by atoms with E-state index in [1.165, 1.54) is 0 Å². The number of carbonyl (C=O) groups excluding carboxylic acids is 4. The number of Topliss-reactive ketones (excluding diaryl/α,β-unsaturated/α-hetero) is 1. The molecule has 206 valence electrons. The van der Waals surface area contributed by atoms with Crippen molar-refractivity contribution in [3.8, 4) is 0 Å². The summed E-state index contributed by atoms with van der Waals surface area (Å²) in [4.78, 5) is 53.6. The molecule has 2 atom stereocenters. The van der Waals surface area contributed by atoms with Crippen LogP contribution < -0.4 is 16.0 Å². The lowest BCUT2D eigenvalue weighted by molar-refractivity contribution is -0.140. The summed E-state index contributed by atoms with van der Waals surface area (Å²) in [5, 5.41) is 8.25. The highest BCUT2D eigenvalue weighted by molar-refractivity contribution is 6.38. The van der Waals surface area contributed by atoms with Gasteiger partial charge >= 0.3 is 0 Å². The van der Waals surface area contributed by atoms with Gasteiger partial charge in [0.2, 0.25) is 17.6 Å². The van der Waals surface area contributed by atoms with Gasteiger partial charge in [-0.25, -0.2) is 0 Å². The molecule has 0 bridgehead atoms. The van der Waals surface area contributed by atoms with Gasteiger partial charge in [-0.15, -0.1) is 0 Å². The van der Waals surface area contributed by atoms with E-state index < -0.39 is 29.7 Å². The number of nitrogens with zero attached hydrogens (tertiary/aromatic N) is 1. The summed E-state index contributed by atoms with van der Waals surface area (Å²) in [6.45, 7) is 4.82. The van der Waals surface area contributed by atoms with Crippen molar-refractivity contribution in [1.82, 2.24) is 20.9 Å². The van der Waals surface area contributed by atoms with Gasteiger partial charge in [0.1, 0.15) is 6.04 Å². The summed E-state index contributed by atoms with van der Waals surface area (Å²) in [6.07, 6.45) is 2.29. The fourth-order valence-corrected chi connectivity index (χ4v) is 4.01. The van der Waals surface area contributed by atoms with E-state index in [1.807, 2.05) is 93.5 Å². The minimum absolute atomic E-state index is 0.208. The maximum Gasteiger partial charge on any atom is 0.289 e. The number of nitrogens with one attached hydrogen (secondary N) is 3. The molecule has 3 N–H and O–H groups in total. The van der Waals surface area contributed by atoms with Gasteiger partial charge in [-0.1, -0.05) is 74.5 Å². The van der Waals surface area contributed by atoms with Gasteiger partial charge in [0.15, 0.2) is 0 Å². The highest BCUT2D eigenvalue weighted by Gasteiger charge is 2.31. The third-order valence-corrected chi connectivity index (χ3v) is 6.24. The molecule has 0 fully saturated rings. The Morgan fingerprint density at radius 1 is 0.816 bits per heavy atom. The van der Waals surface area contributed by atoms with E-state index in [0.717, 1.165) is 17.7 Å². The van der Waals surface area contributed by atoms with Crippen molar-refractivity contribution >= 4 is 23.5 Å². The quantitative estimate of drug-likeness (QED) is 0.232. The Kier molecular flexibility index (Phi) is 13.2. The monoisotopic (exact) mass is 522 g/mol. The van der Waals surface area contributed by atoms with E-state index in [1.54, 1.807) is 0 Å². The van der Waals surface area contributed by atoms with Crippen LogP contribution in [0.3, 0.4) is 0 Å². The molecule has 2 aromatic carbocycles. The largest absolute Gasteiger partial charge is 0.349 e. The van der Waals surface area contributed by atoms with Crippen molar-refractivity contribution in [2.24, 2.45) is 5.92 Å². The number of carbonyl (C=O) groups is 4. The first kappa shape index (κ1) is 30.7. The van der Waals surface area contributed by atoms with Crippen LogP contribution in [-0.2, 0) is 32.0 Å². The molecule has 0 saturated carbocycles. The molecule has 1 unspecified atom stereocenters. The number of rotatable bonds is 16. The van der Waals surface area contributed by atoms with E-state index in [-0.39, 0.29) is 24.7 Å². The van der Waals surface area contributed by atoms with Crippen molar-refractivity contribution in [3.05, 3.63) is 71.8 Å². The second kappa shape index (κ2) is 16.3. The van der Waals surface area contributed by atoms with Crippen molar-refractivity contribution in [2.45, 2.75) is 58.0 Å². The van der Waals surface area contributed by atoms with Crippen LogP contribution >= 0.6 is 0 Å². The Hall–Kier alpha value is -3.52. The first-order valence-corrected chi connectivity index (χ1v) is 13.3. The maximum atomic E-state index is 13.3. The molecule has 0 saturated heterocycles. The lowest BCUT2D eigenvalue weighted by atomic mass is 9.98. The van der Waals surface area contributed by atoms with Gasteiger partial charge in [0, 0.05) is 13.0 Å². The fourth-order valence-electron chi connectivity index (χ4n) is 4.01. The van der Waals surface area contributed by atoms with Crippen molar-refractivity contribution in [3.63, 3.8) is 0 Å². The minimum atomic E-state index is -1.00. The van der Waals surface area contributed by atoms with Crippen LogP contribution in [0, 0.1) is 5.92 Å². The molecule has 0 spiro atoms. The Balaban J connectivity index is 2.04. The van der Waals surface area contributed by atoms with Crippen LogP contribution in [0.1, 0.15) is 44.2 Å². The van der Waals surface area contributed by atoms with Crippen molar-refractivity contribution in [1.29, 1.82) is 0 Å². The van der Waals surface area contributed by atoms with Gasteiger partial charge in [-0.2, -0.15) is 0 Å². The van der Waals surface area contributed by atoms with Crippen LogP contribution in [0.4, 0.5) is 0 Å². The zero-order valence-corrected chi connectivity index (χ0v) is 23.0. The number of hydrogen-bond donors (Lipinski definition) is 3. The molecule has 8 nitrogen and oxygen atoms in total. The highest BCUT2D eigenvalue weighted by atomic mass is 16.2. The van der Waals surface area contributed by atoms with E-state index in [4.69, 9.17) is 0 Å². The van der Waals surface area contributed by atoms with Crippen LogP contribution in [0.25, 0.3) is 0 Å². The lowest BCUT2D eigenvalue weighted by Crippen LogP contribution is -2.55. The predicted octanol–water partition coefficient (Wildman–Crippen LogP) is 2.51. The van der Waals surface area contributed by atoms with Gasteiger partial charge in [-0.3, -0.25) is 19.2 Å². The average Bonchev–Trinajstić information content (AvgIpc) is 2.91. The maximum absolute atomic E-state index is 13.3. The van der Waals surface area contributed by atoms with E-state index >= 15 is 0 Å². The molecule has 0 heterocycles. The highest BCUT2D eigenvalue weighted by Crippen LogP contribution is 2.10. The van der Waals surface area contributed by atoms with Crippen molar-refractivity contribution in [2.75, 3.05) is 27.2 Å². The lowest BCUT2D eigenvalue weighted by Gasteiger charge is -2.25. The standard InChI is InChI=1S/C30H42N4O4/c1-22(2)27(33-26(35)19-17-24-14-9-6-10-15-24)29(37)32-25(18-16-23-12-7-5-8-13-23)28(36)30(38)31-20-11-21-34(3)4/h5-10,12-15,22,25,27H,11,16-21H2,1-4H3,(H,31,38)(H,32,37)(H,33,35)/t25?,27-/m0/s1. The zero-order valence-electron chi connectivity index (χ0n) is 23.0. The minimum Gasteiger partial charge on any atom is -0.349 e. The number of aryl methyl sites for hydroxylation is 2. The predicted molar refractivity (Wildman–Crippen MR) is 149 cm³/mol. The van der Waals surface area contributed by atoms with E-state index in [0.29, 0.717) is 25.8 Å². The molecule has 0 aliphatic heterocycles. The zero-order chi connectivity index (χ0) is 27.9. The van der Waals surface area contributed by atoms with Gasteiger partial charge in [-0.05, 0) is 63.4 Å². The summed E-state index contributed by atoms with van der Waals surface area (Å²) >= 11 is 0. The van der Waals surface area contributed by atoms with Gasteiger partial charge in [0.25, 0.3) is 5.91 Å². The number of hydrogen-bond acceptors (Lipinski definition) is 5. The van der Waals surface area contributed by atoms with Gasteiger partial charge < -0.3 is 20.9 Å². The fraction of sp³-hybridized carbons (Fsp3) is 0.467. The van der Waals surface area contributed by atoms with Gasteiger partial charge in [0.05, 0.1) is 6.04 Å². The molecule has 2 aromatic rings. The molecule has 3 amide bonds. The smallest absolute Gasteiger partial charge is 0.289 e. The van der Waals surface area contributed by atoms with E-state index in [9.17, 15) is 19.2 Å². The molecule has 0 aliphatic rings. The second-order valence-corrected chi connectivity index (χ2v) is 10.1. The van der Waals surface area contributed by atoms with Crippen LogP contribution in [0.15, 0.2) is 60.7 Å². The number of amides is 3. The first-order chi connectivity index (χ1) is 18.2. The third-order valence-electron chi connectivity index (χ3n) is 6.24. The summed E-state index contributed by atoms with van der Waals surface area (Å²) in [6, 6.07) is 17.4. The molecule has 0 radical (unpaired) electrons. The SMILES string of the molecule is CC(C)[C@H](NC(=O)CCc1ccccc1)C(=O)NC(CCc1ccccc1)C(=O)C(=O)NCCCN(C)C. The van der Waals surface area contributed by atoms with Crippen LogP contribution in [0.2, 0.25) is 0 Å². The summed E-state index contributed by atoms with van der Waals surface area (Å²) in [5.41, 5.74) is 2.04. The first-order valence-electron chi connectivity index (χ1n) is 13.3. The third kappa shape index (κ3) is 11.3. The number of ketones is 1. The summed E-state index contributed by atoms with van der Waals surface area (Å²) in [7, 11) is 3.88. The van der Waals surface area contributed by atoms with Crippen LogP contribution in [-0.4, -0.2) is 67.7 Å². The Bertz CT molecular complexity index is 1030. The molecule has 0 aromatic heterocycles. The van der Waals surface area contributed by atoms with Crippen LogP contribution in [0.5, 0.6) is 0 Å². The Morgan fingerprint density at radius 3 is 1.95 bits per heavy atom. The molecule has 2 rings (SSSR count). The number of benzene rings is 2. The Morgan fingerprint density at radius 2 is 1.39 bits per heavy atom. The normalized spacial score (nSPS) is 12.6. The molecular formula is C30H42N4O4. The molecular weight excluding hydrogens is 480 g/mol. The Labute approximate surface area is 226 Å². The summed E-state index contributed by atoms with van der Waals surface area (Å²) < 4.78 is 0. The average molecular weight is 523 g/mol. The molecule has 0 aliphatic carbocycles. The molecule has 8 heteroatoms. The summed E-state index contributed by atoms with van der Waals surface area (Å²) in [5.74, 6) is -2.32.